The summed E-state index contributed by atoms with van der Waals surface area (Å²) < 4.78 is 0. The topological polar surface area (TPSA) is 47.6 Å². The van der Waals surface area contributed by atoms with Gasteiger partial charge in [-0.15, -0.1) is 5.53 Å². The van der Waals surface area contributed by atoms with Crippen molar-refractivity contribution in [1.82, 2.24) is 16.0 Å². The number of rotatable bonds is 1. The highest BCUT2D eigenvalue weighted by Gasteiger charge is 2.33. The molecular formula is C21H24N4O. The molecule has 4 rings (SSSR count). The fourth-order valence-corrected chi connectivity index (χ4v) is 3.75. The number of para-hydroxylation sites is 1. The lowest BCUT2D eigenvalue weighted by atomic mass is 9.94. The molecule has 2 heterocycles. The summed E-state index contributed by atoms with van der Waals surface area (Å²) in [7, 11) is 0. The maximum Gasteiger partial charge on any atom is 0.224 e. The largest absolute Gasteiger partial charge is 0.308 e. The summed E-state index contributed by atoms with van der Waals surface area (Å²) in [6, 6.07) is 8.39. The molecule has 1 aromatic rings. The molecule has 5 nitrogen and oxygen atoms in total. The summed E-state index contributed by atoms with van der Waals surface area (Å²) in [5, 5.41) is 2.18. The van der Waals surface area contributed by atoms with E-state index in [0.29, 0.717) is 6.54 Å². The van der Waals surface area contributed by atoms with Gasteiger partial charge in [-0.1, -0.05) is 42.5 Å². The molecule has 2 N–H and O–H groups in total. The van der Waals surface area contributed by atoms with Gasteiger partial charge in [0.1, 0.15) is 0 Å². The van der Waals surface area contributed by atoms with E-state index in [-0.39, 0.29) is 11.9 Å². The predicted octanol–water partition coefficient (Wildman–Crippen LogP) is 3.27. The predicted molar refractivity (Wildman–Crippen MR) is 105 cm³/mol. The molecule has 1 aliphatic carbocycles. The summed E-state index contributed by atoms with van der Waals surface area (Å²) in [5.41, 5.74) is 13.3. The molecule has 1 amide bonds. The lowest BCUT2D eigenvalue weighted by Gasteiger charge is -2.31. The second-order valence-corrected chi connectivity index (χ2v) is 7.04. The number of fused-ring (bicyclic) bond motifs is 3. The zero-order chi connectivity index (χ0) is 18.3. The van der Waals surface area contributed by atoms with E-state index >= 15 is 0 Å². The second kappa shape index (κ2) is 6.50. The van der Waals surface area contributed by atoms with Crippen LogP contribution in [0.2, 0.25) is 0 Å². The Bertz CT molecular complexity index is 876. The second-order valence-electron chi connectivity index (χ2n) is 7.04. The first-order valence-corrected chi connectivity index (χ1v) is 9.06. The lowest BCUT2D eigenvalue weighted by molar-refractivity contribution is -0.116. The normalized spacial score (nSPS) is 18.9. The summed E-state index contributed by atoms with van der Waals surface area (Å²) in [4.78, 5) is 14.3. The first-order valence-electron chi connectivity index (χ1n) is 9.06. The maximum absolute atomic E-state index is 12.5. The van der Waals surface area contributed by atoms with Gasteiger partial charge in [-0.25, -0.2) is 0 Å². The average Bonchev–Trinajstić information content (AvgIpc) is 2.91. The van der Waals surface area contributed by atoms with Crippen molar-refractivity contribution < 1.29 is 4.79 Å². The Morgan fingerprint density at radius 2 is 2.00 bits per heavy atom. The zero-order valence-electron chi connectivity index (χ0n) is 15.4. The summed E-state index contributed by atoms with van der Waals surface area (Å²) in [6.07, 6.45) is 9.27. The number of hydrazine groups is 2. The standard InChI is InChI=1S/C21H24N4O/c1-14(2)25-21-17-10-6-4-5-9-16(17)13-24(15(3)26)19-12-8-7-11-18(19)20(21)22-23-25/h4-9,11-12,14,22-23H,10,13H2,1-3H3. The zero-order valence-corrected chi connectivity index (χ0v) is 15.4. The molecule has 3 aliphatic rings. The average molecular weight is 348 g/mol. The van der Waals surface area contributed by atoms with E-state index in [2.05, 4.69) is 60.2 Å². The minimum atomic E-state index is 0.0469. The van der Waals surface area contributed by atoms with Crippen molar-refractivity contribution in [2.75, 3.05) is 11.4 Å². The van der Waals surface area contributed by atoms with Crippen molar-refractivity contribution in [3.8, 4) is 0 Å². The molecule has 0 spiro atoms. The van der Waals surface area contributed by atoms with Crippen molar-refractivity contribution in [3.63, 3.8) is 0 Å². The van der Waals surface area contributed by atoms with Crippen molar-refractivity contribution in [2.24, 2.45) is 0 Å². The molecule has 0 aromatic heterocycles. The van der Waals surface area contributed by atoms with Gasteiger partial charge in [0.2, 0.25) is 5.91 Å². The number of amides is 1. The van der Waals surface area contributed by atoms with Crippen LogP contribution in [0.4, 0.5) is 5.69 Å². The molecule has 2 aliphatic heterocycles. The van der Waals surface area contributed by atoms with Gasteiger partial charge in [-0.3, -0.25) is 9.80 Å². The summed E-state index contributed by atoms with van der Waals surface area (Å²) >= 11 is 0. The number of hydrogen-bond acceptors (Lipinski definition) is 4. The van der Waals surface area contributed by atoms with Gasteiger partial charge in [0.05, 0.1) is 23.6 Å². The smallest absolute Gasteiger partial charge is 0.224 e. The van der Waals surface area contributed by atoms with E-state index in [0.717, 1.165) is 23.4 Å². The molecule has 0 atom stereocenters. The SMILES string of the molecule is CC(=O)N1CC2=C(CC=CC=C2)C2=C(NNN2C(C)C)c2ccccc21. The van der Waals surface area contributed by atoms with Crippen LogP contribution in [0.5, 0.6) is 0 Å². The third-order valence-electron chi connectivity index (χ3n) is 5.01. The molecule has 0 bridgehead atoms. The molecular weight excluding hydrogens is 324 g/mol. The summed E-state index contributed by atoms with van der Waals surface area (Å²) in [6.45, 7) is 6.54. The Balaban J connectivity index is 2.02. The van der Waals surface area contributed by atoms with Gasteiger partial charge in [0.25, 0.3) is 0 Å². The van der Waals surface area contributed by atoms with Crippen molar-refractivity contribution in [1.29, 1.82) is 0 Å². The first kappa shape index (κ1) is 16.7. The molecule has 0 saturated heterocycles. The number of benzene rings is 1. The highest BCUT2D eigenvalue weighted by atomic mass is 16.2. The van der Waals surface area contributed by atoms with Crippen LogP contribution >= 0.6 is 0 Å². The first-order chi connectivity index (χ1) is 12.6. The maximum atomic E-state index is 12.5. The Morgan fingerprint density at radius 3 is 2.77 bits per heavy atom. The third kappa shape index (κ3) is 2.65. The molecule has 0 fully saturated rings. The van der Waals surface area contributed by atoms with Crippen molar-refractivity contribution >= 4 is 17.3 Å². The number of anilines is 1. The number of hydrogen-bond donors (Lipinski definition) is 2. The minimum absolute atomic E-state index is 0.0469. The van der Waals surface area contributed by atoms with Gasteiger partial charge in [-0.05, 0) is 37.5 Å². The number of carbonyl (C=O) groups excluding carboxylic acids is 1. The fraction of sp³-hybridized carbons (Fsp3) is 0.286. The molecule has 0 unspecified atom stereocenters. The van der Waals surface area contributed by atoms with Gasteiger partial charge in [0.15, 0.2) is 0 Å². The van der Waals surface area contributed by atoms with Crippen LogP contribution in [0.1, 0.15) is 32.8 Å². The highest BCUT2D eigenvalue weighted by Crippen LogP contribution is 2.39. The number of allylic oxidation sites excluding steroid dienone is 4. The van der Waals surface area contributed by atoms with Gasteiger partial charge < -0.3 is 10.3 Å². The van der Waals surface area contributed by atoms with Crippen LogP contribution in [0.25, 0.3) is 5.70 Å². The molecule has 134 valence electrons. The Morgan fingerprint density at radius 1 is 1.19 bits per heavy atom. The van der Waals surface area contributed by atoms with Crippen LogP contribution in [0.15, 0.2) is 65.4 Å². The van der Waals surface area contributed by atoms with Gasteiger partial charge in [0, 0.05) is 18.5 Å². The van der Waals surface area contributed by atoms with E-state index in [4.69, 9.17) is 0 Å². The molecule has 1 aromatic carbocycles. The lowest BCUT2D eigenvalue weighted by Crippen LogP contribution is -2.42. The highest BCUT2D eigenvalue weighted by molar-refractivity contribution is 5.97. The summed E-state index contributed by atoms with van der Waals surface area (Å²) in [5.74, 6) is 0.0469. The van der Waals surface area contributed by atoms with Crippen LogP contribution in [0.3, 0.4) is 0 Å². The molecule has 26 heavy (non-hydrogen) atoms. The Labute approximate surface area is 154 Å². The minimum Gasteiger partial charge on any atom is -0.308 e. The Hall–Kier alpha value is -2.79. The van der Waals surface area contributed by atoms with Crippen LogP contribution in [0, 0.1) is 0 Å². The van der Waals surface area contributed by atoms with Gasteiger partial charge >= 0.3 is 0 Å². The number of carbonyl (C=O) groups is 1. The van der Waals surface area contributed by atoms with Crippen LogP contribution in [-0.2, 0) is 4.79 Å². The quantitative estimate of drug-likeness (QED) is 0.818. The molecule has 0 radical (unpaired) electrons. The van der Waals surface area contributed by atoms with Crippen LogP contribution < -0.4 is 15.9 Å². The van der Waals surface area contributed by atoms with E-state index < -0.39 is 0 Å². The third-order valence-corrected chi connectivity index (χ3v) is 5.01. The van der Waals surface area contributed by atoms with E-state index in [1.165, 1.54) is 16.8 Å². The van der Waals surface area contributed by atoms with E-state index in [9.17, 15) is 4.79 Å². The monoisotopic (exact) mass is 348 g/mol. The van der Waals surface area contributed by atoms with Crippen molar-refractivity contribution in [3.05, 3.63) is 71.0 Å². The fourth-order valence-electron chi connectivity index (χ4n) is 3.75. The van der Waals surface area contributed by atoms with Crippen LogP contribution in [-0.4, -0.2) is 23.5 Å². The Kier molecular flexibility index (Phi) is 4.17. The van der Waals surface area contributed by atoms with Crippen molar-refractivity contribution in [2.45, 2.75) is 33.2 Å². The molecule has 0 saturated carbocycles. The number of nitrogens with one attached hydrogen (secondary N) is 2. The van der Waals surface area contributed by atoms with E-state index in [1.807, 2.05) is 23.1 Å². The molecule has 5 heteroatoms. The van der Waals surface area contributed by atoms with E-state index in [1.54, 1.807) is 6.92 Å². The number of nitrogens with zero attached hydrogens (tertiary/aromatic N) is 2. The van der Waals surface area contributed by atoms with Gasteiger partial charge in [-0.2, -0.15) is 0 Å².